The van der Waals surface area contributed by atoms with E-state index >= 15 is 4.39 Å². The second-order valence-electron chi connectivity index (χ2n) is 17.7. The van der Waals surface area contributed by atoms with E-state index in [0.717, 1.165) is 75.7 Å². The Balaban J connectivity index is 0.952. The van der Waals surface area contributed by atoms with Gasteiger partial charge in [0.25, 0.3) is 17.7 Å². The average Bonchev–Trinajstić information content (AvgIpc) is 3.35. The molecule has 0 radical (unpaired) electrons. The number of hydrogen-bond acceptors (Lipinski definition) is 9. The van der Waals surface area contributed by atoms with Crippen LogP contribution in [-0.2, 0) is 9.59 Å². The number of fused-ring (bicyclic) bond motifs is 1. The smallest absolute Gasteiger partial charge is 0.262 e. The molecule has 54 heavy (non-hydrogen) atoms. The Morgan fingerprint density at radius 2 is 1.59 bits per heavy atom. The van der Waals surface area contributed by atoms with Gasteiger partial charge in [-0.15, -0.1) is 0 Å². The Bertz CT molecular complexity index is 1840. The molecule has 3 saturated heterocycles. The normalized spacial score (nSPS) is 24.9. The minimum absolute atomic E-state index is 0.0135. The number of likely N-dealkylation sites (N-methyl/N-ethyl adjacent to an activating group) is 1. The molecule has 5 aliphatic rings. The summed E-state index contributed by atoms with van der Waals surface area (Å²) in [6.07, 6.45) is 3.11. The van der Waals surface area contributed by atoms with Crippen LogP contribution in [0.1, 0.15) is 90.9 Å². The number of nitrogens with one attached hydrogen (secondary N) is 2. The SMILES string of the molecule is CN(C)CC1CN(c2ccc3c(c2)C(=O)N(C2CCC(=O)NC2=O)C3=O)CCN1CC1CCN(c2ccc(C(=O)NC3C(C)(C)CC3(C)C)cc2F)CC1. The molecule has 4 heterocycles. The molecular formula is C41H54FN7O5. The molecule has 2 aromatic carbocycles. The van der Waals surface area contributed by atoms with Crippen LogP contribution < -0.4 is 20.4 Å². The quantitative estimate of drug-likeness (QED) is 0.370. The summed E-state index contributed by atoms with van der Waals surface area (Å²) in [6, 6.07) is 9.48. The molecule has 13 heteroatoms. The maximum atomic E-state index is 15.5. The number of carbonyl (C=O) groups excluding carboxylic acids is 5. The highest BCUT2D eigenvalue weighted by molar-refractivity contribution is 6.23. The summed E-state index contributed by atoms with van der Waals surface area (Å²) in [5, 5.41) is 5.41. The fourth-order valence-electron chi connectivity index (χ4n) is 10.1. The van der Waals surface area contributed by atoms with Crippen LogP contribution >= 0.6 is 0 Å². The lowest BCUT2D eigenvalue weighted by Gasteiger charge is -2.57. The van der Waals surface area contributed by atoms with Crippen LogP contribution in [0, 0.1) is 22.6 Å². The zero-order chi connectivity index (χ0) is 38.7. The van der Waals surface area contributed by atoms with E-state index in [0.29, 0.717) is 17.2 Å². The molecule has 290 valence electrons. The standard InChI is InChI=1S/C41H54FN7O5/c1-40(2)24-41(3,4)39(40)44-35(51)26-7-10-32(31(42)19-26)46-15-13-25(14-16-46)21-47-17-18-48(23-28(47)22-45(5)6)27-8-9-29-30(20-27)38(54)49(37(29)53)33-11-12-34(50)43-36(33)52/h7-10,19-20,25,28,33,39H,11-18,21-24H2,1-6H3,(H,44,51)(H,43,50,52). The summed E-state index contributed by atoms with van der Waals surface area (Å²) in [5.74, 6) is -2.15. The topological polar surface area (TPSA) is 126 Å². The lowest BCUT2D eigenvalue weighted by atomic mass is 9.52. The number of imide groups is 2. The third-order valence-electron chi connectivity index (χ3n) is 12.4. The number of piperidine rings is 2. The zero-order valence-electron chi connectivity index (χ0n) is 32.4. The fourth-order valence-corrected chi connectivity index (χ4v) is 10.1. The van der Waals surface area contributed by atoms with Crippen molar-refractivity contribution >= 4 is 40.9 Å². The monoisotopic (exact) mass is 743 g/mol. The molecule has 2 N–H and O–H groups in total. The summed E-state index contributed by atoms with van der Waals surface area (Å²) in [6.45, 7) is 14.2. The number of rotatable bonds is 9. The molecule has 0 aromatic heterocycles. The minimum Gasteiger partial charge on any atom is -0.369 e. The third kappa shape index (κ3) is 7.24. The number of piperazine rings is 1. The van der Waals surface area contributed by atoms with Crippen LogP contribution in [0.4, 0.5) is 15.8 Å². The van der Waals surface area contributed by atoms with Gasteiger partial charge in [-0.1, -0.05) is 27.7 Å². The predicted octanol–water partition coefficient (Wildman–Crippen LogP) is 3.75. The van der Waals surface area contributed by atoms with Crippen molar-refractivity contribution in [2.45, 2.75) is 77.9 Å². The van der Waals surface area contributed by atoms with E-state index < -0.39 is 29.7 Å². The van der Waals surface area contributed by atoms with Crippen molar-refractivity contribution in [2.75, 3.05) is 69.7 Å². The van der Waals surface area contributed by atoms with E-state index in [1.54, 1.807) is 24.3 Å². The summed E-state index contributed by atoms with van der Waals surface area (Å²) in [4.78, 5) is 74.1. The van der Waals surface area contributed by atoms with Gasteiger partial charge in [-0.05, 0) is 92.9 Å². The number of benzene rings is 2. The van der Waals surface area contributed by atoms with Crippen molar-refractivity contribution in [3.63, 3.8) is 0 Å². The van der Waals surface area contributed by atoms with Gasteiger partial charge in [-0.2, -0.15) is 0 Å². The van der Waals surface area contributed by atoms with Crippen LogP contribution in [0.2, 0.25) is 0 Å². The van der Waals surface area contributed by atoms with Gasteiger partial charge in [-0.25, -0.2) is 4.39 Å². The summed E-state index contributed by atoms with van der Waals surface area (Å²) >= 11 is 0. The Morgan fingerprint density at radius 1 is 0.889 bits per heavy atom. The van der Waals surface area contributed by atoms with E-state index in [9.17, 15) is 24.0 Å². The summed E-state index contributed by atoms with van der Waals surface area (Å²) in [7, 11) is 4.13. The first-order chi connectivity index (χ1) is 25.5. The number of carbonyl (C=O) groups is 5. The predicted molar refractivity (Wildman–Crippen MR) is 204 cm³/mol. The minimum atomic E-state index is -0.992. The first-order valence-electron chi connectivity index (χ1n) is 19.4. The Labute approximate surface area is 317 Å². The van der Waals surface area contributed by atoms with Gasteiger partial charge in [0.2, 0.25) is 11.8 Å². The van der Waals surface area contributed by atoms with Crippen molar-refractivity contribution < 1.29 is 28.4 Å². The summed E-state index contributed by atoms with van der Waals surface area (Å²) < 4.78 is 15.5. The van der Waals surface area contributed by atoms with Gasteiger partial charge in [0.15, 0.2) is 0 Å². The Hall–Kier alpha value is -4.36. The lowest BCUT2D eigenvalue weighted by Crippen LogP contribution is -2.63. The maximum absolute atomic E-state index is 15.5. The van der Waals surface area contributed by atoms with Gasteiger partial charge in [-0.3, -0.25) is 39.1 Å². The van der Waals surface area contributed by atoms with Gasteiger partial charge in [0, 0.05) is 75.6 Å². The fraction of sp³-hybridized carbons (Fsp3) is 0.585. The van der Waals surface area contributed by atoms with Crippen LogP contribution in [0.25, 0.3) is 0 Å². The average molecular weight is 744 g/mol. The molecular weight excluding hydrogens is 689 g/mol. The molecule has 1 aliphatic carbocycles. The van der Waals surface area contributed by atoms with Crippen LogP contribution in [0.15, 0.2) is 36.4 Å². The van der Waals surface area contributed by atoms with Crippen molar-refractivity contribution in [1.29, 1.82) is 0 Å². The van der Waals surface area contributed by atoms with Crippen molar-refractivity contribution in [2.24, 2.45) is 16.7 Å². The molecule has 2 atom stereocenters. The van der Waals surface area contributed by atoms with E-state index in [-0.39, 0.29) is 58.6 Å². The molecule has 0 bridgehead atoms. The molecule has 0 spiro atoms. The lowest BCUT2D eigenvalue weighted by molar-refractivity contribution is -0.136. The maximum Gasteiger partial charge on any atom is 0.262 e. The molecule has 2 unspecified atom stereocenters. The first kappa shape index (κ1) is 37.9. The molecule has 4 aliphatic heterocycles. The second kappa shape index (κ2) is 14.4. The second-order valence-corrected chi connectivity index (χ2v) is 17.7. The highest BCUT2D eigenvalue weighted by Crippen LogP contribution is 2.53. The Kier molecular flexibility index (Phi) is 10.1. The molecule has 1 saturated carbocycles. The van der Waals surface area contributed by atoms with Crippen LogP contribution in [-0.4, -0.2) is 122 Å². The highest BCUT2D eigenvalue weighted by Gasteiger charge is 2.53. The zero-order valence-corrected chi connectivity index (χ0v) is 32.4. The van der Waals surface area contributed by atoms with Crippen molar-refractivity contribution in [1.82, 2.24) is 25.3 Å². The van der Waals surface area contributed by atoms with Crippen LogP contribution in [0.3, 0.4) is 0 Å². The molecule has 12 nitrogen and oxygen atoms in total. The van der Waals surface area contributed by atoms with E-state index in [2.05, 4.69) is 72.0 Å². The van der Waals surface area contributed by atoms with Gasteiger partial charge in [0.05, 0.1) is 16.8 Å². The molecule has 4 fully saturated rings. The summed E-state index contributed by atoms with van der Waals surface area (Å²) in [5.41, 5.74) is 2.35. The highest BCUT2D eigenvalue weighted by atomic mass is 19.1. The first-order valence-corrected chi connectivity index (χ1v) is 19.4. The number of amides is 5. The van der Waals surface area contributed by atoms with Crippen LogP contribution in [0.5, 0.6) is 0 Å². The Morgan fingerprint density at radius 3 is 2.24 bits per heavy atom. The van der Waals surface area contributed by atoms with Crippen molar-refractivity contribution in [3.8, 4) is 0 Å². The number of hydrogen-bond donors (Lipinski definition) is 2. The van der Waals surface area contributed by atoms with E-state index in [4.69, 9.17) is 0 Å². The number of nitrogens with zero attached hydrogens (tertiary/aromatic N) is 5. The molecule has 7 rings (SSSR count). The number of anilines is 2. The third-order valence-corrected chi connectivity index (χ3v) is 12.4. The van der Waals surface area contributed by atoms with Gasteiger partial charge in [0.1, 0.15) is 11.9 Å². The molecule has 5 amide bonds. The van der Waals surface area contributed by atoms with Gasteiger partial charge >= 0.3 is 0 Å². The van der Waals surface area contributed by atoms with Crippen molar-refractivity contribution in [3.05, 3.63) is 58.9 Å². The number of halogens is 1. The van der Waals surface area contributed by atoms with E-state index in [1.807, 2.05) is 6.07 Å². The van der Waals surface area contributed by atoms with Gasteiger partial charge < -0.3 is 20.0 Å². The largest absolute Gasteiger partial charge is 0.369 e. The molecule has 2 aromatic rings. The van der Waals surface area contributed by atoms with E-state index in [1.165, 1.54) is 6.07 Å².